The van der Waals surface area contributed by atoms with Crippen molar-refractivity contribution in [2.24, 2.45) is 7.05 Å². The van der Waals surface area contributed by atoms with Crippen LogP contribution in [0.4, 0.5) is 0 Å². The molecule has 0 bridgehead atoms. The number of fused-ring (bicyclic) bond motifs is 1. The molecule has 0 saturated heterocycles. The fourth-order valence-corrected chi connectivity index (χ4v) is 5.14. The second kappa shape index (κ2) is 6.42. The lowest BCUT2D eigenvalue weighted by atomic mass is 9.98. The molecule has 2 aromatic carbocycles. The summed E-state index contributed by atoms with van der Waals surface area (Å²) in [6.07, 6.45) is 2.20. The lowest BCUT2D eigenvalue weighted by Crippen LogP contribution is -2.44. The van der Waals surface area contributed by atoms with Crippen molar-refractivity contribution < 1.29 is 4.57 Å². The van der Waals surface area contributed by atoms with Gasteiger partial charge in [-0.05, 0) is 42.5 Å². The maximum Gasteiger partial charge on any atom is 0.220 e. The van der Waals surface area contributed by atoms with Crippen LogP contribution in [0.15, 0.2) is 48.7 Å². The minimum absolute atomic E-state index is 0.739. The van der Waals surface area contributed by atoms with Gasteiger partial charge in [-0.25, -0.2) is 4.57 Å². The molecule has 1 nitrogen and oxygen atoms in total. The van der Waals surface area contributed by atoms with Crippen LogP contribution in [0.5, 0.6) is 0 Å². The van der Waals surface area contributed by atoms with E-state index in [1.54, 1.807) is 5.19 Å². The van der Waals surface area contributed by atoms with Crippen molar-refractivity contribution in [3.63, 3.8) is 0 Å². The van der Waals surface area contributed by atoms with Gasteiger partial charge in [-0.15, -0.1) is 0 Å². The van der Waals surface area contributed by atoms with Gasteiger partial charge in [0.1, 0.15) is 7.05 Å². The average molecular weight is 349 g/mol. The van der Waals surface area contributed by atoms with E-state index in [9.17, 15) is 0 Å². The number of rotatable bonds is 3. The minimum Gasteiger partial charge on any atom is -0.200 e. The fourth-order valence-electron chi connectivity index (χ4n) is 3.43. The number of benzene rings is 2. The molecule has 25 heavy (non-hydrogen) atoms. The van der Waals surface area contributed by atoms with Gasteiger partial charge < -0.3 is 0 Å². The molecule has 0 unspecified atom stereocenters. The van der Waals surface area contributed by atoms with Crippen LogP contribution in [0.3, 0.4) is 0 Å². The number of pyridine rings is 1. The highest BCUT2D eigenvalue weighted by Crippen LogP contribution is 2.29. The van der Waals surface area contributed by atoms with Crippen LogP contribution in [0.1, 0.15) is 25.0 Å². The van der Waals surface area contributed by atoms with Gasteiger partial charge in [-0.2, -0.15) is 0 Å². The van der Waals surface area contributed by atoms with Crippen molar-refractivity contribution in [2.75, 3.05) is 0 Å². The second-order valence-electron chi connectivity index (χ2n) is 8.27. The SMILES string of the molecule is Cc1ccc(C)c(-c2c3ccc([Si](C)(C)C(C)C)cc3cc[n+]2C)c1. The first-order valence-corrected chi connectivity index (χ1v) is 12.3. The van der Waals surface area contributed by atoms with Crippen LogP contribution in [0, 0.1) is 13.8 Å². The minimum atomic E-state index is -1.41. The predicted molar refractivity (Wildman–Crippen MR) is 112 cm³/mol. The molecule has 0 aliphatic rings. The van der Waals surface area contributed by atoms with Crippen LogP contribution in [-0.2, 0) is 7.05 Å². The summed E-state index contributed by atoms with van der Waals surface area (Å²) in [6, 6.07) is 16.2. The van der Waals surface area contributed by atoms with E-state index >= 15 is 0 Å². The molecule has 0 spiro atoms. The summed E-state index contributed by atoms with van der Waals surface area (Å²) in [5.74, 6) is 0. The Labute approximate surface area is 153 Å². The van der Waals surface area contributed by atoms with E-state index in [0.29, 0.717) is 0 Å². The fraction of sp³-hybridized carbons (Fsp3) is 0.348. The summed E-state index contributed by atoms with van der Waals surface area (Å²) in [6.45, 7) is 14.1. The summed E-state index contributed by atoms with van der Waals surface area (Å²) >= 11 is 0. The standard InChI is InChI=1S/C23H30NSi/c1-16(2)25(6,7)20-10-11-21-19(15-20)12-13-24(5)23(21)22-14-17(3)8-9-18(22)4/h8-16H,1-7H3/q+1. The smallest absolute Gasteiger partial charge is 0.200 e. The number of aryl methyl sites for hydroxylation is 3. The van der Waals surface area contributed by atoms with Gasteiger partial charge in [0.25, 0.3) is 0 Å². The van der Waals surface area contributed by atoms with Crippen molar-refractivity contribution in [3.05, 3.63) is 59.8 Å². The molecule has 1 aromatic heterocycles. The number of aromatic nitrogens is 1. The Kier molecular flexibility index (Phi) is 4.59. The zero-order valence-corrected chi connectivity index (χ0v) is 17.6. The van der Waals surface area contributed by atoms with Crippen molar-refractivity contribution >= 4 is 24.0 Å². The zero-order chi connectivity index (χ0) is 18.4. The lowest BCUT2D eigenvalue weighted by Gasteiger charge is -2.27. The summed E-state index contributed by atoms with van der Waals surface area (Å²) in [5, 5.41) is 4.25. The molecule has 3 rings (SSSR count). The van der Waals surface area contributed by atoms with Gasteiger partial charge in [0, 0.05) is 11.6 Å². The molecule has 2 heteroatoms. The van der Waals surface area contributed by atoms with Gasteiger partial charge in [0.05, 0.1) is 13.5 Å². The van der Waals surface area contributed by atoms with Gasteiger partial charge in [-0.1, -0.05) is 62.0 Å². The highest BCUT2D eigenvalue weighted by atomic mass is 28.3. The Morgan fingerprint density at radius 2 is 1.64 bits per heavy atom. The number of hydrogen-bond donors (Lipinski definition) is 0. The van der Waals surface area contributed by atoms with Crippen LogP contribution >= 0.6 is 0 Å². The van der Waals surface area contributed by atoms with E-state index in [1.807, 2.05) is 0 Å². The zero-order valence-electron chi connectivity index (χ0n) is 16.6. The Hall–Kier alpha value is -1.93. The summed E-state index contributed by atoms with van der Waals surface area (Å²) < 4.78 is 2.26. The molecule has 0 radical (unpaired) electrons. The molecule has 0 N–H and O–H groups in total. The molecule has 0 fully saturated rings. The first kappa shape index (κ1) is 17.9. The van der Waals surface area contributed by atoms with Gasteiger partial charge in [-0.3, -0.25) is 0 Å². The van der Waals surface area contributed by atoms with Crippen molar-refractivity contribution in [2.45, 2.75) is 46.3 Å². The third kappa shape index (κ3) is 3.16. The van der Waals surface area contributed by atoms with E-state index < -0.39 is 8.07 Å². The van der Waals surface area contributed by atoms with Crippen LogP contribution in [-0.4, -0.2) is 8.07 Å². The third-order valence-electron chi connectivity index (χ3n) is 5.97. The summed E-state index contributed by atoms with van der Waals surface area (Å²) in [4.78, 5) is 0. The first-order chi connectivity index (χ1) is 11.7. The Morgan fingerprint density at radius 3 is 2.32 bits per heavy atom. The maximum atomic E-state index is 2.48. The van der Waals surface area contributed by atoms with Crippen LogP contribution in [0.25, 0.3) is 22.0 Å². The first-order valence-electron chi connectivity index (χ1n) is 9.22. The molecular weight excluding hydrogens is 318 g/mol. The second-order valence-corrected chi connectivity index (χ2v) is 13.4. The highest BCUT2D eigenvalue weighted by molar-refractivity contribution is 6.91. The van der Waals surface area contributed by atoms with E-state index in [2.05, 4.69) is 101 Å². The monoisotopic (exact) mass is 348 g/mol. The predicted octanol–water partition coefficient (Wildman–Crippen LogP) is 5.27. The Balaban J connectivity index is 2.27. The van der Waals surface area contributed by atoms with Gasteiger partial charge in [0.2, 0.25) is 5.69 Å². The molecule has 0 atom stereocenters. The van der Waals surface area contributed by atoms with Crippen LogP contribution < -0.4 is 9.75 Å². The Morgan fingerprint density at radius 1 is 0.920 bits per heavy atom. The maximum absolute atomic E-state index is 2.48. The molecule has 130 valence electrons. The molecule has 0 aliphatic carbocycles. The van der Waals surface area contributed by atoms with E-state index in [-0.39, 0.29) is 0 Å². The molecule has 1 heterocycles. The van der Waals surface area contributed by atoms with E-state index in [0.717, 1.165) is 5.54 Å². The molecular formula is C23H30NSi+. The van der Waals surface area contributed by atoms with Crippen molar-refractivity contribution in [3.8, 4) is 11.3 Å². The number of nitrogens with zero attached hydrogens (tertiary/aromatic N) is 1. The van der Waals surface area contributed by atoms with Crippen molar-refractivity contribution in [1.82, 2.24) is 0 Å². The lowest BCUT2D eigenvalue weighted by molar-refractivity contribution is -0.659. The topological polar surface area (TPSA) is 3.88 Å². The summed E-state index contributed by atoms with van der Waals surface area (Å²) in [5.41, 5.74) is 6.02. The normalized spacial score (nSPS) is 12.2. The quantitative estimate of drug-likeness (QED) is 0.448. The van der Waals surface area contributed by atoms with E-state index in [1.165, 1.54) is 33.2 Å². The highest BCUT2D eigenvalue weighted by Gasteiger charge is 2.28. The van der Waals surface area contributed by atoms with Gasteiger partial charge in [0.15, 0.2) is 6.20 Å². The summed E-state index contributed by atoms with van der Waals surface area (Å²) in [7, 11) is 0.739. The molecule has 0 amide bonds. The van der Waals surface area contributed by atoms with Crippen molar-refractivity contribution in [1.29, 1.82) is 0 Å². The molecule has 0 saturated carbocycles. The molecule has 0 aliphatic heterocycles. The number of hydrogen-bond acceptors (Lipinski definition) is 0. The third-order valence-corrected chi connectivity index (χ3v) is 10.7. The van der Waals surface area contributed by atoms with Crippen LogP contribution in [0.2, 0.25) is 18.6 Å². The Bertz CT molecular complexity index is 938. The van der Waals surface area contributed by atoms with E-state index in [4.69, 9.17) is 0 Å². The average Bonchev–Trinajstić information content (AvgIpc) is 2.56. The van der Waals surface area contributed by atoms with Gasteiger partial charge >= 0.3 is 0 Å². The largest absolute Gasteiger partial charge is 0.220 e. The molecule has 3 aromatic rings.